The van der Waals surface area contributed by atoms with Crippen LogP contribution in [0.3, 0.4) is 0 Å². The lowest BCUT2D eigenvalue weighted by atomic mass is 9.74. The van der Waals surface area contributed by atoms with Crippen molar-refractivity contribution in [1.82, 2.24) is 14.7 Å². The molecule has 0 unspecified atom stereocenters. The molecule has 3 rings (SSSR count). The molecule has 0 aliphatic carbocycles. The van der Waals surface area contributed by atoms with Crippen LogP contribution in [0, 0.1) is 6.92 Å². The number of methoxy groups -OCH3 is 1. The van der Waals surface area contributed by atoms with E-state index in [0.717, 1.165) is 5.56 Å². The fraction of sp³-hybridized carbons (Fsp3) is 0.565. The number of ether oxygens (including phenoxy) is 1. The third-order valence-electron chi connectivity index (χ3n) is 6.34. The number of hydrogen-bond donors (Lipinski definition) is 0. The van der Waals surface area contributed by atoms with E-state index in [2.05, 4.69) is 0 Å². The number of aryl methyl sites for hydroxylation is 1. The standard InChI is InChI=1S/C23H31N3O5/c1-16-8-5-6-9-17(16)23(15-20(28)26(22(23)30)13-12-24(2)3)14-19(27)25-11-7-10-18(25)21(29)31-4/h5-6,8-9,18H,7,10-15H2,1-4H3/t18-,23-/m0/s1. The Kier molecular flexibility index (Phi) is 6.79. The van der Waals surface area contributed by atoms with E-state index in [1.807, 2.05) is 50.2 Å². The van der Waals surface area contributed by atoms with Crippen molar-refractivity contribution in [2.45, 2.75) is 44.1 Å². The zero-order valence-corrected chi connectivity index (χ0v) is 18.7. The van der Waals surface area contributed by atoms with Crippen LogP contribution >= 0.6 is 0 Å². The van der Waals surface area contributed by atoms with Crippen molar-refractivity contribution in [2.24, 2.45) is 0 Å². The number of amides is 3. The molecule has 1 aromatic rings. The van der Waals surface area contributed by atoms with Crippen LogP contribution in [0.4, 0.5) is 0 Å². The first kappa shape index (κ1) is 22.9. The molecular formula is C23H31N3O5. The van der Waals surface area contributed by atoms with Crippen LogP contribution < -0.4 is 0 Å². The van der Waals surface area contributed by atoms with Crippen molar-refractivity contribution in [3.63, 3.8) is 0 Å². The zero-order valence-electron chi connectivity index (χ0n) is 18.7. The molecule has 0 spiro atoms. The van der Waals surface area contributed by atoms with Crippen LogP contribution in [0.5, 0.6) is 0 Å². The minimum atomic E-state index is -1.25. The monoisotopic (exact) mass is 429 g/mol. The first-order valence-electron chi connectivity index (χ1n) is 10.6. The Labute approximate surface area is 183 Å². The average molecular weight is 430 g/mol. The van der Waals surface area contributed by atoms with Crippen LogP contribution in [-0.2, 0) is 29.3 Å². The van der Waals surface area contributed by atoms with Crippen molar-refractivity contribution in [3.05, 3.63) is 35.4 Å². The molecule has 31 heavy (non-hydrogen) atoms. The van der Waals surface area contributed by atoms with Crippen molar-refractivity contribution in [3.8, 4) is 0 Å². The van der Waals surface area contributed by atoms with Gasteiger partial charge in [-0.15, -0.1) is 0 Å². The smallest absolute Gasteiger partial charge is 0.328 e. The van der Waals surface area contributed by atoms with Crippen LogP contribution in [0.2, 0.25) is 0 Å². The number of carbonyl (C=O) groups excluding carboxylic acids is 4. The van der Waals surface area contributed by atoms with Crippen LogP contribution in [0.25, 0.3) is 0 Å². The van der Waals surface area contributed by atoms with E-state index in [9.17, 15) is 19.2 Å². The van der Waals surface area contributed by atoms with Gasteiger partial charge in [-0.3, -0.25) is 19.3 Å². The number of likely N-dealkylation sites (tertiary alicyclic amines) is 2. The second kappa shape index (κ2) is 9.18. The largest absolute Gasteiger partial charge is 0.467 e. The van der Waals surface area contributed by atoms with Crippen molar-refractivity contribution in [2.75, 3.05) is 40.8 Å². The third-order valence-corrected chi connectivity index (χ3v) is 6.34. The molecule has 0 saturated carbocycles. The number of esters is 1. The highest BCUT2D eigenvalue weighted by Crippen LogP contribution is 2.42. The van der Waals surface area contributed by atoms with Gasteiger partial charge in [-0.2, -0.15) is 0 Å². The second-order valence-corrected chi connectivity index (χ2v) is 8.67. The Hall–Kier alpha value is -2.74. The van der Waals surface area contributed by atoms with Crippen LogP contribution in [0.1, 0.15) is 36.8 Å². The van der Waals surface area contributed by atoms with Gasteiger partial charge in [0.2, 0.25) is 17.7 Å². The first-order valence-corrected chi connectivity index (χ1v) is 10.6. The van der Waals surface area contributed by atoms with Gasteiger partial charge in [0.1, 0.15) is 6.04 Å². The summed E-state index contributed by atoms with van der Waals surface area (Å²) in [6.07, 6.45) is 1.04. The van der Waals surface area contributed by atoms with E-state index in [-0.39, 0.29) is 37.1 Å². The minimum Gasteiger partial charge on any atom is -0.467 e. The Morgan fingerprint density at radius 3 is 2.58 bits per heavy atom. The highest BCUT2D eigenvalue weighted by Gasteiger charge is 2.55. The minimum absolute atomic E-state index is 0.0490. The molecule has 0 N–H and O–H groups in total. The molecule has 8 nitrogen and oxygen atoms in total. The summed E-state index contributed by atoms with van der Waals surface area (Å²) < 4.78 is 4.86. The van der Waals surface area contributed by atoms with Crippen molar-refractivity contribution < 1.29 is 23.9 Å². The molecule has 3 amide bonds. The molecular weight excluding hydrogens is 398 g/mol. The van der Waals surface area contributed by atoms with Gasteiger partial charge in [0.25, 0.3) is 0 Å². The lowest BCUT2D eigenvalue weighted by Gasteiger charge is -2.31. The van der Waals surface area contributed by atoms with Gasteiger partial charge in [-0.25, -0.2) is 4.79 Å². The number of likely N-dealkylation sites (N-methyl/N-ethyl adjacent to an activating group) is 1. The third kappa shape index (κ3) is 4.35. The summed E-state index contributed by atoms with van der Waals surface area (Å²) in [5, 5.41) is 0. The van der Waals surface area contributed by atoms with E-state index in [1.54, 1.807) is 0 Å². The normalized spacial score (nSPS) is 23.7. The number of imide groups is 1. The number of nitrogens with zero attached hydrogens (tertiary/aromatic N) is 3. The second-order valence-electron chi connectivity index (χ2n) is 8.67. The summed E-state index contributed by atoms with van der Waals surface area (Å²) >= 11 is 0. The van der Waals surface area contributed by atoms with Crippen molar-refractivity contribution in [1.29, 1.82) is 0 Å². The van der Waals surface area contributed by atoms with E-state index in [4.69, 9.17) is 4.74 Å². The molecule has 1 aromatic carbocycles. The number of hydrogen-bond acceptors (Lipinski definition) is 6. The summed E-state index contributed by atoms with van der Waals surface area (Å²) in [4.78, 5) is 56.8. The maximum Gasteiger partial charge on any atom is 0.328 e. The van der Waals surface area contributed by atoms with Crippen molar-refractivity contribution >= 4 is 23.7 Å². The lowest BCUT2D eigenvalue weighted by Crippen LogP contribution is -2.47. The molecule has 0 bridgehead atoms. The summed E-state index contributed by atoms with van der Waals surface area (Å²) in [6, 6.07) is 6.76. The summed E-state index contributed by atoms with van der Waals surface area (Å²) in [7, 11) is 5.06. The SMILES string of the molecule is COC(=O)[C@@H]1CCCN1C(=O)C[C@@]1(c2ccccc2C)CC(=O)N(CCN(C)C)C1=O. The quantitative estimate of drug-likeness (QED) is 0.477. The topological polar surface area (TPSA) is 87.2 Å². The van der Waals surface area contributed by atoms with Crippen LogP contribution in [-0.4, -0.2) is 85.3 Å². The van der Waals surface area contributed by atoms with E-state index in [1.165, 1.54) is 16.9 Å². The van der Waals surface area contributed by atoms with Gasteiger partial charge in [0.05, 0.1) is 12.5 Å². The maximum absolute atomic E-state index is 13.6. The predicted molar refractivity (Wildman–Crippen MR) is 114 cm³/mol. The van der Waals surface area contributed by atoms with E-state index < -0.39 is 17.4 Å². The average Bonchev–Trinajstić information content (AvgIpc) is 3.30. The van der Waals surface area contributed by atoms with Gasteiger partial charge in [0.15, 0.2) is 0 Å². The summed E-state index contributed by atoms with van der Waals surface area (Å²) in [5.74, 6) is -1.35. The fourth-order valence-electron chi connectivity index (χ4n) is 4.69. The summed E-state index contributed by atoms with van der Waals surface area (Å²) in [6.45, 7) is 3.15. The van der Waals surface area contributed by atoms with Gasteiger partial charge in [-0.05, 0) is 45.0 Å². The molecule has 168 valence electrons. The Morgan fingerprint density at radius 2 is 1.94 bits per heavy atom. The number of rotatable bonds is 7. The van der Waals surface area contributed by atoms with Crippen LogP contribution in [0.15, 0.2) is 24.3 Å². The summed E-state index contributed by atoms with van der Waals surface area (Å²) in [5.41, 5.74) is 0.300. The molecule has 2 aliphatic heterocycles. The van der Waals surface area contributed by atoms with E-state index >= 15 is 0 Å². The molecule has 0 radical (unpaired) electrons. The van der Waals surface area contributed by atoms with Gasteiger partial charge in [0, 0.05) is 32.5 Å². The Balaban J connectivity index is 1.96. The van der Waals surface area contributed by atoms with Gasteiger partial charge >= 0.3 is 5.97 Å². The molecule has 2 atom stereocenters. The van der Waals surface area contributed by atoms with E-state index in [0.29, 0.717) is 31.5 Å². The number of carbonyl (C=O) groups is 4. The first-order chi connectivity index (χ1) is 14.7. The highest BCUT2D eigenvalue weighted by atomic mass is 16.5. The fourth-order valence-corrected chi connectivity index (χ4v) is 4.69. The predicted octanol–water partition coefficient (Wildman–Crippen LogP) is 1.11. The maximum atomic E-state index is 13.6. The molecule has 2 heterocycles. The zero-order chi connectivity index (χ0) is 22.8. The molecule has 8 heteroatoms. The van der Waals surface area contributed by atoms with Gasteiger partial charge < -0.3 is 14.5 Å². The Bertz CT molecular complexity index is 884. The Morgan fingerprint density at radius 1 is 1.23 bits per heavy atom. The molecule has 0 aromatic heterocycles. The number of benzene rings is 1. The lowest BCUT2D eigenvalue weighted by molar-refractivity contribution is -0.151. The molecule has 2 saturated heterocycles. The van der Waals surface area contributed by atoms with Gasteiger partial charge in [-0.1, -0.05) is 24.3 Å². The molecule has 2 fully saturated rings. The molecule has 2 aliphatic rings. The highest BCUT2D eigenvalue weighted by molar-refractivity contribution is 6.11.